The third-order valence-electron chi connectivity index (χ3n) is 4.62. The normalized spacial score (nSPS) is 21.9. The van der Waals surface area contributed by atoms with Gasteiger partial charge in [0, 0.05) is 0 Å². The lowest BCUT2D eigenvalue weighted by Gasteiger charge is -2.25. The van der Waals surface area contributed by atoms with Gasteiger partial charge in [-0.2, -0.15) is 0 Å². The highest BCUT2D eigenvalue weighted by Gasteiger charge is 2.19. The molecule has 1 saturated carbocycles. The van der Waals surface area contributed by atoms with Gasteiger partial charge in [0.2, 0.25) is 6.33 Å². The number of hydrogen-bond donors (Lipinski definition) is 0. The minimum Gasteiger partial charge on any atom is -0.338 e. The van der Waals surface area contributed by atoms with E-state index in [4.69, 9.17) is 4.74 Å². The molecule has 0 bridgehead atoms. The number of imidazole rings is 1. The molecule has 118 valence electrons. The van der Waals surface area contributed by atoms with Crippen molar-refractivity contribution < 1.29 is 9.30 Å². The predicted octanol–water partition coefficient (Wildman–Crippen LogP) is 3.69. The van der Waals surface area contributed by atoms with E-state index in [9.17, 15) is 0 Å². The van der Waals surface area contributed by atoms with Gasteiger partial charge in [-0.3, -0.25) is 0 Å². The molecule has 1 aliphatic carbocycles. The Morgan fingerprint density at radius 1 is 1.23 bits per heavy atom. The highest BCUT2D eigenvalue weighted by molar-refractivity contribution is 5.21. The van der Waals surface area contributed by atoms with E-state index in [0.717, 1.165) is 12.5 Å². The first-order chi connectivity index (χ1) is 10.7. The summed E-state index contributed by atoms with van der Waals surface area (Å²) in [5.41, 5.74) is 2.65. The van der Waals surface area contributed by atoms with Crippen LogP contribution in [-0.2, 0) is 18.0 Å². The molecule has 0 spiro atoms. The van der Waals surface area contributed by atoms with E-state index < -0.39 is 0 Å². The lowest BCUT2D eigenvalue weighted by molar-refractivity contribution is -0.688. The van der Waals surface area contributed by atoms with Crippen molar-refractivity contribution in [3.05, 3.63) is 54.1 Å². The fourth-order valence-corrected chi connectivity index (χ4v) is 3.22. The third kappa shape index (κ3) is 4.20. The maximum Gasteiger partial charge on any atom is 0.245 e. The average molecular weight is 299 g/mol. The van der Waals surface area contributed by atoms with Crippen LogP contribution in [-0.4, -0.2) is 10.7 Å². The molecule has 1 aromatic heterocycles. The van der Waals surface area contributed by atoms with Crippen molar-refractivity contribution in [1.82, 2.24) is 4.57 Å². The Hall–Kier alpha value is -1.61. The zero-order chi connectivity index (χ0) is 15.4. The van der Waals surface area contributed by atoms with E-state index in [-0.39, 0.29) is 0 Å². The van der Waals surface area contributed by atoms with Crippen molar-refractivity contribution in [3.63, 3.8) is 0 Å². The van der Waals surface area contributed by atoms with Crippen molar-refractivity contribution >= 4 is 0 Å². The Bertz CT molecular complexity index is 597. The first-order valence-electron chi connectivity index (χ1n) is 8.41. The molecule has 0 aliphatic heterocycles. The minimum atomic E-state index is 0.448. The Labute approximate surface area is 133 Å². The van der Waals surface area contributed by atoms with Gasteiger partial charge in [-0.05, 0) is 44.1 Å². The smallest absolute Gasteiger partial charge is 0.245 e. The van der Waals surface area contributed by atoms with Gasteiger partial charge in [0.1, 0.15) is 18.9 Å². The molecule has 2 aromatic rings. The number of ether oxygens (including phenoxy) is 1. The van der Waals surface area contributed by atoms with E-state index in [1.165, 1.54) is 36.8 Å². The summed E-state index contributed by atoms with van der Waals surface area (Å²) >= 11 is 0. The van der Waals surface area contributed by atoms with Crippen LogP contribution >= 0.6 is 0 Å². The maximum absolute atomic E-state index is 6.05. The van der Waals surface area contributed by atoms with Gasteiger partial charge in [0.25, 0.3) is 0 Å². The monoisotopic (exact) mass is 299 g/mol. The molecule has 0 atom stereocenters. The van der Waals surface area contributed by atoms with Crippen LogP contribution < -0.4 is 4.57 Å². The van der Waals surface area contributed by atoms with E-state index in [2.05, 4.69) is 66.0 Å². The number of benzene rings is 1. The zero-order valence-electron chi connectivity index (χ0n) is 13.7. The SMILES string of the molecule is Cc1cccc(C[n+]2ccn(COC3CCC(C)CC3)c2)c1. The summed E-state index contributed by atoms with van der Waals surface area (Å²) in [6.07, 6.45) is 11.8. The summed E-state index contributed by atoms with van der Waals surface area (Å²) in [6.45, 7) is 6.06. The number of aryl methyl sites for hydroxylation is 1. The molecule has 0 saturated heterocycles. The fraction of sp³-hybridized carbons (Fsp3) is 0.526. The number of rotatable bonds is 5. The van der Waals surface area contributed by atoms with Crippen molar-refractivity contribution in [2.24, 2.45) is 5.92 Å². The molecule has 22 heavy (non-hydrogen) atoms. The molecular weight excluding hydrogens is 272 g/mol. The number of hydrogen-bond acceptors (Lipinski definition) is 1. The molecular formula is C19H27N2O+. The van der Waals surface area contributed by atoms with Gasteiger partial charge in [0.05, 0.1) is 6.10 Å². The first-order valence-corrected chi connectivity index (χ1v) is 8.41. The topological polar surface area (TPSA) is 18.0 Å². The van der Waals surface area contributed by atoms with Crippen LogP contribution in [0.5, 0.6) is 0 Å². The Morgan fingerprint density at radius 3 is 2.82 bits per heavy atom. The van der Waals surface area contributed by atoms with Gasteiger partial charge in [-0.1, -0.05) is 36.8 Å². The largest absolute Gasteiger partial charge is 0.338 e. The molecule has 1 fully saturated rings. The van der Waals surface area contributed by atoms with Gasteiger partial charge < -0.3 is 4.74 Å². The summed E-state index contributed by atoms with van der Waals surface area (Å²) in [5, 5.41) is 0. The highest BCUT2D eigenvalue weighted by Crippen LogP contribution is 2.25. The second-order valence-electron chi connectivity index (χ2n) is 6.77. The molecule has 0 unspecified atom stereocenters. The molecule has 0 N–H and O–H groups in total. The number of aromatic nitrogens is 2. The van der Waals surface area contributed by atoms with Gasteiger partial charge >= 0.3 is 0 Å². The van der Waals surface area contributed by atoms with Crippen LogP contribution in [0.15, 0.2) is 43.0 Å². The fourth-order valence-electron chi connectivity index (χ4n) is 3.22. The van der Waals surface area contributed by atoms with E-state index in [0.29, 0.717) is 12.8 Å². The summed E-state index contributed by atoms with van der Waals surface area (Å²) in [6, 6.07) is 8.68. The summed E-state index contributed by atoms with van der Waals surface area (Å²) in [5.74, 6) is 0.878. The molecule has 1 aliphatic rings. The summed E-state index contributed by atoms with van der Waals surface area (Å²) < 4.78 is 10.4. The molecule has 1 heterocycles. The van der Waals surface area contributed by atoms with Gasteiger partial charge in [-0.15, -0.1) is 0 Å². The molecule has 3 nitrogen and oxygen atoms in total. The molecule has 3 rings (SSSR count). The van der Waals surface area contributed by atoms with E-state index in [1.807, 2.05) is 0 Å². The second kappa shape index (κ2) is 7.10. The van der Waals surface area contributed by atoms with Crippen LogP contribution in [0.3, 0.4) is 0 Å². The molecule has 0 radical (unpaired) electrons. The number of nitrogens with zero attached hydrogens (tertiary/aromatic N) is 2. The Kier molecular flexibility index (Phi) is 4.94. The van der Waals surface area contributed by atoms with E-state index in [1.54, 1.807) is 0 Å². The highest BCUT2D eigenvalue weighted by atomic mass is 16.5. The molecule has 0 amide bonds. The summed E-state index contributed by atoms with van der Waals surface area (Å²) in [7, 11) is 0. The van der Waals surface area contributed by atoms with Crippen LogP contribution in [0.2, 0.25) is 0 Å². The van der Waals surface area contributed by atoms with Gasteiger partial charge in [0.15, 0.2) is 6.73 Å². The van der Waals surface area contributed by atoms with Crippen molar-refractivity contribution in [1.29, 1.82) is 0 Å². The Morgan fingerprint density at radius 2 is 2.05 bits per heavy atom. The van der Waals surface area contributed by atoms with Crippen LogP contribution in [0.4, 0.5) is 0 Å². The zero-order valence-corrected chi connectivity index (χ0v) is 13.7. The first kappa shape index (κ1) is 15.3. The second-order valence-corrected chi connectivity index (χ2v) is 6.77. The van der Waals surface area contributed by atoms with Crippen molar-refractivity contribution in [2.45, 2.75) is 58.9 Å². The van der Waals surface area contributed by atoms with E-state index >= 15 is 0 Å². The predicted molar refractivity (Wildman–Crippen MR) is 87.4 cm³/mol. The quantitative estimate of drug-likeness (QED) is 0.770. The molecule has 3 heteroatoms. The van der Waals surface area contributed by atoms with Crippen molar-refractivity contribution in [2.75, 3.05) is 0 Å². The lowest BCUT2D eigenvalue weighted by Crippen LogP contribution is -2.31. The molecule has 1 aromatic carbocycles. The van der Waals surface area contributed by atoms with Crippen molar-refractivity contribution in [3.8, 4) is 0 Å². The van der Waals surface area contributed by atoms with Crippen LogP contribution in [0.1, 0.15) is 43.7 Å². The van der Waals surface area contributed by atoms with Crippen LogP contribution in [0, 0.1) is 12.8 Å². The summed E-state index contributed by atoms with van der Waals surface area (Å²) in [4.78, 5) is 0. The minimum absolute atomic E-state index is 0.448. The third-order valence-corrected chi connectivity index (χ3v) is 4.62. The lowest BCUT2D eigenvalue weighted by atomic mass is 9.89. The maximum atomic E-state index is 6.05. The standard InChI is InChI=1S/C19H27N2O/c1-16-6-8-19(9-7-16)22-15-21-11-10-20(14-21)13-18-5-3-4-17(2)12-18/h3-5,10-12,14,16,19H,6-9,13,15H2,1-2H3/q+1. The average Bonchev–Trinajstić information content (AvgIpc) is 2.94. The van der Waals surface area contributed by atoms with Gasteiger partial charge in [-0.25, -0.2) is 9.13 Å². The van der Waals surface area contributed by atoms with Crippen LogP contribution in [0.25, 0.3) is 0 Å². The Balaban J connectivity index is 1.51.